The maximum Gasteiger partial charge on any atom is 0.330 e. The second-order valence-electron chi connectivity index (χ2n) is 9.02. The number of para-hydroxylation sites is 1. The molecule has 0 spiro atoms. The summed E-state index contributed by atoms with van der Waals surface area (Å²) in [5, 5.41) is 13.6. The third-order valence-electron chi connectivity index (χ3n) is 6.42. The van der Waals surface area contributed by atoms with Crippen LogP contribution in [0.5, 0.6) is 11.5 Å². The summed E-state index contributed by atoms with van der Waals surface area (Å²) in [6.07, 6.45) is 0.551. The molecule has 0 bridgehead atoms. The van der Waals surface area contributed by atoms with E-state index in [1.165, 1.54) is 0 Å². The number of hydrogen-bond donors (Lipinski definition) is 2. The van der Waals surface area contributed by atoms with E-state index in [0.29, 0.717) is 10.8 Å². The lowest BCUT2D eigenvalue weighted by Gasteiger charge is -2.25. The molecule has 0 aliphatic heterocycles. The lowest BCUT2D eigenvalue weighted by molar-refractivity contribution is -0.147. The smallest absolute Gasteiger partial charge is 0.330 e. The Kier molecular flexibility index (Phi) is 6.49. The number of carboxylic acids is 1. The SMILES string of the molecule is O=C(Cc1ccc(Oc2ccccc2)cc1)NC1(C(=O)O)Cc2ccc(-c3ccc(Cl)cc3)cc2C1. The largest absolute Gasteiger partial charge is 0.479 e. The number of carbonyl (C=O) groups excluding carboxylic acids is 1. The molecule has 0 saturated heterocycles. The molecule has 1 unspecified atom stereocenters. The molecule has 5 rings (SSSR count). The van der Waals surface area contributed by atoms with Gasteiger partial charge in [-0.05, 0) is 64.2 Å². The van der Waals surface area contributed by atoms with Gasteiger partial charge in [0.05, 0.1) is 6.42 Å². The monoisotopic (exact) mass is 497 g/mol. The van der Waals surface area contributed by atoms with E-state index < -0.39 is 11.5 Å². The van der Waals surface area contributed by atoms with Crippen LogP contribution in [0.3, 0.4) is 0 Å². The number of ether oxygens (including phenoxy) is 1. The van der Waals surface area contributed by atoms with Crippen molar-refractivity contribution in [2.75, 3.05) is 0 Å². The molecule has 1 amide bonds. The predicted molar refractivity (Wildman–Crippen MR) is 139 cm³/mol. The summed E-state index contributed by atoms with van der Waals surface area (Å²) in [6.45, 7) is 0. The molecular weight excluding hydrogens is 474 g/mol. The van der Waals surface area contributed by atoms with Crippen LogP contribution in [0.25, 0.3) is 11.1 Å². The second-order valence-corrected chi connectivity index (χ2v) is 9.45. The molecule has 4 aromatic rings. The van der Waals surface area contributed by atoms with Gasteiger partial charge in [-0.3, -0.25) is 4.79 Å². The zero-order valence-electron chi connectivity index (χ0n) is 19.4. The summed E-state index contributed by atoms with van der Waals surface area (Å²) in [7, 11) is 0. The summed E-state index contributed by atoms with van der Waals surface area (Å²) in [6, 6.07) is 30.1. The zero-order valence-corrected chi connectivity index (χ0v) is 20.2. The number of amides is 1. The van der Waals surface area contributed by atoms with Gasteiger partial charge in [-0.1, -0.05) is 72.3 Å². The van der Waals surface area contributed by atoms with Crippen LogP contribution in [-0.4, -0.2) is 22.5 Å². The minimum atomic E-state index is -1.37. The van der Waals surface area contributed by atoms with Gasteiger partial charge in [0, 0.05) is 17.9 Å². The normalized spacial score (nSPS) is 16.2. The first kappa shape index (κ1) is 23.6. The summed E-state index contributed by atoms with van der Waals surface area (Å²) in [5.41, 5.74) is 3.24. The van der Waals surface area contributed by atoms with E-state index >= 15 is 0 Å². The van der Waals surface area contributed by atoms with Crippen molar-refractivity contribution < 1.29 is 19.4 Å². The number of carboxylic acid groups (broad SMARTS) is 1. The van der Waals surface area contributed by atoms with E-state index in [0.717, 1.165) is 33.6 Å². The number of rotatable bonds is 7. The fourth-order valence-corrected chi connectivity index (χ4v) is 4.71. The minimum Gasteiger partial charge on any atom is -0.479 e. The average molecular weight is 498 g/mol. The fourth-order valence-electron chi connectivity index (χ4n) is 4.59. The van der Waals surface area contributed by atoms with E-state index in [2.05, 4.69) is 5.32 Å². The Hall–Kier alpha value is -4.09. The lowest BCUT2D eigenvalue weighted by Crippen LogP contribution is -2.55. The van der Waals surface area contributed by atoms with Crippen molar-refractivity contribution in [3.8, 4) is 22.6 Å². The Balaban J connectivity index is 1.27. The quantitative estimate of drug-likeness (QED) is 0.324. The number of fused-ring (bicyclic) bond motifs is 1. The molecule has 2 N–H and O–H groups in total. The molecular formula is C30H24ClNO4. The van der Waals surface area contributed by atoms with Crippen molar-refractivity contribution in [3.05, 3.63) is 119 Å². The molecule has 1 aliphatic rings. The summed E-state index contributed by atoms with van der Waals surface area (Å²) < 4.78 is 5.79. The molecule has 0 radical (unpaired) electrons. The Morgan fingerprint density at radius 3 is 2.14 bits per heavy atom. The van der Waals surface area contributed by atoms with Crippen LogP contribution in [-0.2, 0) is 28.9 Å². The Bertz CT molecular complexity index is 1400. The maximum absolute atomic E-state index is 12.9. The van der Waals surface area contributed by atoms with E-state index in [-0.39, 0.29) is 25.2 Å². The topological polar surface area (TPSA) is 75.6 Å². The third-order valence-corrected chi connectivity index (χ3v) is 6.68. The second kappa shape index (κ2) is 9.88. The molecule has 36 heavy (non-hydrogen) atoms. The minimum absolute atomic E-state index is 0.0764. The van der Waals surface area contributed by atoms with Crippen LogP contribution in [0.1, 0.15) is 16.7 Å². The van der Waals surface area contributed by atoms with Crippen LogP contribution in [0.15, 0.2) is 97.1 Å². The highest BCUT2D eigenvalue weighted by Crippen LogP contribution is 2.34. The van der Waals surface area contributed by atoms with Crippen molar-refractivity contribution in [1.29, 1.82) is 0 Å². The Labute approximate surface area is 214 Å². The van der Waals surface area contributed by atoms with Gasteiger partial charge in [-0.25, -0.2) is 4.79 Å². The number of hydrogen-bond acceptors (Lipinski definition) is 3. The van der Waals surface area contributed by atoms with Gasteiger partial charge >= 0.3 is 5.97 Å². The highest BCUT2D eigenvalue weighted by Gasteiger charge is 2.45. The molecule has 1 aliphatic carbocycles. The summed E-state index contributed by atoms with van der Waals surface area (Å²) in [5.74, 6) is 0.0214. The van der Waals surface area contributed by atoms with Gasteiger partial charge in [0.25, 0.3) is 0 Å². The van der Waals surface area contributed by atoms with Gasteiger partial charge in [-0.15, -0.1) is 0 Å². The van der Waals surface area contributed by atoms with Crippen LogP contribution < -0.4 is 10.1 Å². The molecule has 0 fully saturated rings. The standard InChI is InChI=1S/C30H24ClNO4/c31-25-12-10-21(11-13-25)22-8-9-23-18-30(29(34)35,19-24(23)17-22)32-28(33)16-20-6-14-27(15-7-20)36-26-4-2-1-3-5-26/h1-15,17H,16,18-19H2,(H,32,33)(H,34,35). The van der Waals surface area contributed by atoms with Crippen LogP contribution >= 0.6 is 11.6 Å². The first-order valence-electron chi connectivity index (χ1n) is 11.6. The number of aliphatic carboxylic acids is 1. The van der Waals surface area contributed by atoms with E-state index in [9.17, 15) is 14.7 Å². The molecule has 0 heterocycles. The summed E-state index contributed by atoms with van der Waals surface area (Å²) >= 11 is 6.00. The number of carbonyl (C=O) groups is 2. The number of halogens is 1. The van der Waals surface area contributed by atoms with Crippen molar-refractivity contribution in [1.82, 2.24) is 5.32 Å². The van der Waals surface area contributed by atoms with Crippen molar-refractivity contribution in [3.63, 3.8) is 0 Å². The average Bonchev–Trinajstić information content (AvgIpc) is 3.25. The van der Waals surface area contributed by atoms with Gasteiger partial charge in [0.1, 0.15) is 17.0 Å². The highest BCUT2D eigenvalue weighted by atomic mass is 35.5. The van der Waals surface area contributed by atoms with Crippen LogP contribution in [0.4, 0.5) is 0 Å². The van der Waals surface area contributed by atoms with E-state index in [1.54, 1.807) is 12.1 Å². The van der Waals surface area contributed by atoms with Gasteiger partial charge in [-0.2, -0.15) is 0 Å². The Morgan fingerprint density at radius 1 is 0.806 bits per heavy atom. The zero-order chi connectivity index (χ0) is 25.1. The molecule has 1 atom stereocenters. The Morgan fingerprint density at radius 2 is 1.44 bits per heavy atom. The fraction of sp³-hybridized carbons (Fsp3) is 0.133. The molecule has 5 nitrogen and oxygen atoms in total. The van der Waals surface area contributed by atoms with Gasteiger partial charge in [0.2, 0.25) is 5.91 Å². The van der Waals surface area contributed by atoms with Gasteiger partial charge in [0.15, 0.2) is 0 Å². The van der Waals surface area contributed by atoms with E-state index in [4.69, 9.17) is 16.3 Å². The molecule has 180 valence electrons. The van der Waals surface area contributed by atoms with Crippen LogP contribution in [0.2, 0.25) is 5.02 Å². The predicted octanol–water partition coefficient (Wildman–Crippen LogP) is 6.08. The van der Waals surface area contributed by atoms with E-state index in [1.807, 2.05) is 84.9 Å². The molecule has 4 aromatic carbocycles. The highest BCUT2D eigenvalue weighted by molar-refractivity contribution is 6.30. The van der Waals surface area contributed by atoms with Crippen LogP contribution in [0, 0.1) is 0 Å². The number of benzene rings is 4. The molecule has 0 aromatic heterocycles. The van der Waals surface area contributed by atoms with Crippen molar-refractivity contribution in [2.45, 2.75) is 24.8 Å². The third kappa shape index (κ3) is 5.11. The van der Waals surface area contributed by atoms with Crippen molar-refractivity contribution >= 4 is 23.5 Å². The first-order chi connectivity index (χ1) is 17.4. The summed E-state index contributed by atoms with van der Waals surface area (Å²) in [4.78, 5) is 25.3. The lowest BCUT2D eigenvalue weighted by atomic mass is 9.95. The van der Waals surface area contributed by atoms with Gasteiger partial charge < -0.3 is 15.2 Å². The molecule has 6 heteroatoms. The molecule has 0 saturated carbocycles. The van der Waals surface area contributed by atoms with Crippen molar-refractivity contribution in [2.24, 2.45) is 0 Å². The maximum atomic E-state index is 12.9. The first-order valence-corrected chi connectivity index (χ1v) is 12.0. The number of nitrogens with one attached hydrogen (secondary N) is 1.